The zero-order valence-corrected chi connectivity index (χ0v) is 13.9. The molecule has 1 aromatic rings. The van der Waals surface area contributed by atoms with E-state index in [2.05, 4.69) is 10.4 Å². The first-order valence-corrected chi connectivity index (χ1v) is 8.13. The van der Waals surface area contributed by atoms with Gasteiger partial charge < -0.3 is 11.1 Å². The number of sulfonamides is 1. The summed E-state index contributed by atoms with van der Waals surface area (Å²) < 4.78 is 27.8. The Balaban J connectivity index is 3.11. The number of rotatable bonds is 6. The number of aryl methyl sites for hydroxylation is 1. The molecule has 1 heterocycles. The van der Waals surface area contributed by atoms with Crippen LogP contribution in [-0.2, 0) is 21.9 Å². The molecular weight excluding hydrogens is 294 g/mol. The highest BCUT2D eigenvalue weighted by atomic mass is 32.2. The first kappa shape index (κ1) is 17.4. The van der Waals surface area contributed by atoms with Gasteiger partial charge in [0.05, 0.1) is 12.2 Å². The number of carbonyl (C=O) groups excluding carboxylic acids is 1. The maximum absolute atomic E-state index is 12.7. The van der Waals surface area contributed by atoms with Crippen molar-refractivity contribution in [3.8, 4) is 0 Å². The Morgan fingerprint density at radius 3 is 2.43 bits per heavy atom. The number of nitrogens with two attached hydrogens (primary N) is 1. The van der Waals surface area contributed by atoms with Gasteiger partial charge in [-0.3, -0.25) is 9.48 Å². The second-order valence-corrected chi connectivity index (χ2v) is 6.95. The van der Waals surface area contributed by atoms with E-state index in [0.717, 1.165) is 4.31 Å². The summed E-state index contributed by atoms with van der Waals surface area (Å²) in [5.41, 5.74) is 6.13. The summed E-state index contributed by atoms with van der Waals surface area (Å²) in [6, 6.07) is -0.0518. The Hall–Kier alpha value is -1.61. The molecular formula is C12H23N5O3S. The molecule has 0 aliphatic rings. The normalized spacial score (nSPS) is 12.1. The lowest BCUT2D eigenvalue weighted by atomic mass is 10.4. The predicted octanol–water partition coefficient (Wildman–Crippen LogP) is -0.154. The average molecular weight is 317 g/mol. The predicted molar refractivity (Wildman–Crippen MR) is 80.1 cm³/mol. The molecule has 0 bridgehead atoms. The summed E-state index contributed by atoms with van der Waals surface area (Å²) in [7, 11) is -2.24. The van der Waals surface area contributed by atoms with Crippen molar-refractivity contribution in [2.45, 2.75) is 38.6 Å². The number of carbonyl (C=O) groups is 1. The van der Waals surface area contributed by atoms with Crippen LogP contribution in [0.4, 0.5) is 5.82 Å². The van der Waals surface area contributed by atoms with Gasteiger partial charge in [0, 0.05) is 19.6 Å². The lowest BCUT2D eigenvalue weighted by molar-refractivity contribution is -0.121. The molecule has 9 heteroatoms. The smallest absolute Gasteiger partial charge is 0.249 e. The number of likely N-dealkylation sites (N-methyl/N-ethyl adjacent to an activating group) is 1. The number of nitrogens with one attached hydrogen (secondary N) is 1. The highest BCUT2D eigenvalue weighted by molar-refractivity contribution is 7.89. The minimum absolute atomic E-state index is 0.0378. The van der Waals surface area contributed by atoms with Gasteiger partial charge in [-0.2, -0.15) is 9.40 Å². The van der Waals surface area contributed by atoms with Gasteiger partial charge >= 0.3 is 0 Å². The standard InChI is InChI=1S/C12H23N5O3S/c1-6-17(7-10(18)14-8(2)3)21(19,20)11-9(4)16(5)15-12(11)13/h8H,6-7H2,1-5H3,(H2,13,15)(H,14,18). The average Bonchev–Trinajstić information content (AvgIpc) is 2.59. The molecule has 1 rings (SSSR count). The SMILES string of the molecule is CCN(CC(=O)NC(C)C)S(=O)(=O)c1c(N)nn(C)c1C. The van der Waals surface area contributed by atoms with Crippen LogP contribution in [0.1, 0.15) is 26.5 Å². The molecule has 3 N–H and O–H groups in total. The van der Waals surface area contributed by atoms with E-state index in [1.165, 1.54) is 4.68 Å². The van der Waals surface area contributed by atoms with E-state index in [4.69, 9.17) is 5.73 Å². The molecule has 0 saturated heterocycles. The van der Waals surface area contributed by atoms with Crippen LogP contribution >= 0.6 is 0 Å². The molecule has 0 spiro atoms. The van der Waals surface area contributed by atoms with Crippen LogP contribution in [0.2, 0.25) is 0 Å². The molecule has 0 aliphatic carbocycles. The Morgan fingerprint density at radius 1 is 1.48 bits per heavy atom. The monoisotopic (exact) mass is 317 g/mol. The quantitative estimate of drug-likeness (QED) is 0.758. The Morgan fingerprint density at radius 2 is 2.05 bits per heavy atom. The molecule has 0 saturated carbocycles. The molecule has 0 unspecified atom stereocenters. The van der Waals surface area contributed by atoms with Crippen molar-refractivity contribution < 1.29 is 13.2 Å². The largest absolute Gasteiger partial charge is 0.381 e. The molecule has 1 amide bonds. The maximum Gasteiger partial charge on any atom is 0.249 e. The number of nitrogen functional groups attached to an aromatic ring is 1. The van der Waals surface area contributed by atoms with Crippen LogP contribution in [0.3, 0.4) is 0 Å². The van der Waals surface area contributed by atoms with Gasteiger partial charge in [0.15, 0.2) is 5.82 Å². The highest BCUT2D eigenvalue weighted by Crippen LogP contribution is 2.24. The van der Waals surface area contributed by atoms with Gasteiger partial charge in [-0.25, -0.2) is 8.42 Å². The summed E-state index contributed by atoms with van der Waals surface area (Å²) in [6.45, 7) is 6.84. The molecule has 0 radical (unpaired) electrons. The molecule has 120 valence electrons. The van der Waals surface area contributed by atoms with E-state index in [9.17, 15) is 13.2 Å². The van der Waals surface area contributed by atoms with Crippen LogP contribution in [0.5, 0.6) is 0 Å². The molecule has 0 fully saturated rings. The second-order valence-electron chi connectivity index (χ2n) is 5.08. The minimum atomic E-state index is -3.86. The second kappa shape index (κ2) is 6.44. The van der Waals surface area contributed by atoms with E-state index in [0.29, 0.717) is 5.69 Å². The van der Waals surface area contributed by atoms with Gasteiger partial charge in [0.25, 0.3) is 0 Å². The lowest BCUT2D eigenvalue weighted by Crippen LogP contribution is -2.42. The van der Waals surface area contributed by atoms with Crippen molar-refractivity contribution in [1.29, 1.82) is 0 Å². The Labute approximate surface area is 125 Å². The summed E-state index contributed by atoms with van der Waals surface area (Å²) in [5.74, 6) is -0.409. The molecule has 8 nitrogen and oxygen atoms in total. The third kappa shape index (κ3) is 3.73. The lowest BCUT2D eigenvalue weighted by Gasteiger charge is -2.20. The maximum atomic E-state index is 12.7. The van der Waals surface area contributed by atoms with Crippen LogP contribution in [0.15, 0.2) is 4.90 Å². The molecule has 0 aromatic carbocycles. The fourth-order valence-corrected chi connectivity index (χ4v) is 3.65. The van der Waals surface area contributed by atoms with Crippen LogP contribution in [0, 0.1) is 6.92 Å². The zero-order valence-electron chi connectivity index (χ0n) is 13.0. The van der Waals surface area contributed by atoms with Crippen molar-refractivity contribution in [2.24, 2.45) is 7.05 Å². The third-order valence-corrected chi connectivity index (χ3v) is 5.11. The number of anilines is 1. The van der Waals surface area contributed by atoms with Gasteiger partial charge in [-0.05, 0) is 20.8 Å². The summed E-state index contributed by atoms with van der Waals surface area (Å²) in [4.78, 5) is 11.8. The molecule has 1 aromatic heterocycles. The summed E-state index contributed by atoms with van der Waals surface area (Å²) in [6.07, 6.45) is 0. The topological polar surface area (TPSA) is 110 Å². The van der Waals surface area contributed by atoms with E-state index in [1.807, 2.05) is 13.8 Å². The van der Waals surface area contributed by atoms with E-state index in [1.54, 1.807) is 20.9 Å². The fourth-order valence-electron chi connectivity index (χ4n) is 1.96. The van der Waals surface area contributed by atoms with Crippen molar-refractivity contribution in [1.82, 2.24) is 19.4 Å². The number of aromatic nitrogens is 2. The molecule has 0 aliphatic heterocycles. The summed E-state index contributed by atoms with van der Waals surface area (Å²) in [5, 5.41) is 6.58. The number of nitrogens with zero attached hydrogens (tertiary/aromatic N) is 3. The van der Waals surface area contributed by atoms with Crippen molar-refractivity contribution in [2.75, 3.05) is 18.8 Å². The van der Waals surface area contributed by atoms with E-state index in [-0.39, 0.29) is 35.8 Å². The molecule has 0 atom stereocenters. The van der Waals surface area contributed by atoms with E-state index < -0.39 is 10.0 Å². The van der Waals surface area contributed by atoms with Crippen molar-refractivity contribution >= 4 is 21.7 Å². The van der Waals surface area contributed by atoms with Gasteiger partial charge in [0.1, 0.15) is 4.90 Å². The number of hydrogen-bond acceptors (Lipinski definition) is 5. The van der Waals surface area contributed by atoms with E-state index >= 15 is 0 Å². The van der Waals surface area contributed by atoms with Crippen LogP contribution in [-0.4, -0.2) is 47.5 Å². The van der Waals surface area contributed by atoms with Gasteiger partial charge in [0.2, 0.25) is 15.9 Å². The summed E-state index contributed by atoms with van der Waals surface area (Å²) >= 11 is 0. The molecule has 21 heavy (non-hydrogen) atoms. The third-order valence-electron chi connectivity index (χ3n) is 3.02. The number of amides is 1. The fraction of sp³-hybridized carbons (Fsp3) is 0.667. The zero-order chi connectivity index (χ0) is 16.4. The minimum Gasteiger partial charge on any atom is -0.381 e. The Bertz CT molecular complexity index is 621. The highest BCUT2D eigenvalue weighted by Gasteiger charge is 2.31. The first-order valence-electron chi connectivity index (χ1n) is 6.69. The Kier molecular flexibility index (Phi) is 5.35. The van der Waals surface area contributed by atoms with Crippen molar-refractivity contribution in [3.63, 3.8) is 0 Å². The van der Waals surface area contributed by atoms with Crippen LogP contribution in [0.25, 0.3) is 0 Å². The first-order chi connectivity index (χ1) is 9.61. The van der Waals surface area contributed by atoms with Crippen LogP contribution < -0.4 is 11.1 Å². The van der Waals surface area contributed by atoms with Crippen molar-refractivity contribution in [3.05, 3.63) is 5.69 Å². The number of hydrogen-bond donors (Lipinski definition) is 2. The van der Waals surface area contributed by atoms with Gasteiger partial charge in [-0.15, -0.1) is 0 Å². The van der Waals surface area contributed by atoms with Gasteiger partial charge in [-0.1, -0.05) is 6.92 Å².